The Labute approximate surface area is 272 Å². The fraction of sp³-hybridized carbons (Fsp3) is 0.675. The van der Waals surface area contributed by atoms with Crippen LogP contribution in [0.5, 0.6) is 0 Å². The number of anilines is 1. The van der Waals surface area contributed by atoms with Gasteiger partial charge in [0.25, 0.3) is 5.82 Å². The molecule has 6 saturated carbocycles. The lowest BCUT2D eigenvalue weighted by molar-refractivity contribution is -0.741. The van der Waals surface area contributed by atoms with Gasteiger partial charge in [-0.2, -0.15) is 4.68 Å². The van der Waals surface area contributed by atoms with Crippen molar-refractivity contribution in [3.8, 4) is 22.6 Å². The summed E-state index contributed by atoms with van der Waals surface area (Å²) in [4.78, 5) is 13.7. The molecule has 242 valence electrons. The van der Waals surface area contributed by atoms with E-state index in [1.54, 1.807) is 0 Å². The average molecular weight is 609 g/mol. The standard InChI is InChI=1S/C40H58N5/c1-8-31-10-11-32(24-33(31)34-25-37(43(7)44(34)9-2)45(27(3)4)28(5)6)38-41-35(39-18-12-29(13-19-39)14-20-39)26-36(42-38)40-21-15-30(16-22-40)17-23-40/h10-11,24-30H,8-9,12-23H2,1-7H3/q+1. The highest BCUT2D eigenvalue weighted by molar-refractivity contribution is 5.73. The number of benzene rings is 1. The zero-order chi connectivity index (χ0) is 31.5. The normalized spacial score (nSPS) is 27.6. The summed E-state index contributed by atoms with van der Waals surface area (Å²) < 4.78 is 4.82. The highest BCUT2D eigenvalue weighted by atomic mass is 15.5. The molecule has 0 unspecified atom stereocenters. The van der Waals surface area contributed by atoms with Gasteiger partial charge in [0.2, 0.25) is 0 Å². The Balaban J connectivity index is 1.38. The Hall–Kier alpha value is -2.69. The Morgan fingerprint density at radius 2 is 1.29 bits per heavy atom. The van der Waals surface area contributed by atoms with E-state index in [9.17, 15) is 0 Å². The largest absolute Gasteiger partial charge is 0.297 e. The molecule has 6 fully saturated rings. The molecular formula is C40H58N5+. The fourth-order valence-corrected chi connectivity index (χ4v) is 10.2. The third-order valence-electron chi connectivity index (χ3n) is 12.9. The van der Waals surface area contributed by atoms with Crippen LogP contribution in [-0.4, -0.2) is 26.7 Å². The van der Waals surface area contributed by atoms with E-state index < -0.39 is 0 Å². The summed E-state index contributed by atoms with van der Waals surface area (Å²) in [6, 6.07) is 12.9. The van der Waals surface area contributed by atoms with Crippen LogP contribution in [0.4, 0.5) is 5.82 Å². The maximum Gasteiger partial charge on any atom is 0.297 e. The summed E-state index contributed by atoms with van der Waals surface area (Å²) in [6.07, 6.45) is 17.2. The van der Waals surface area contributed by atoms with Crippen molar-refractivity contribution in [3.05, 3.63) is 47.3 Å². The predicted molar refractivity (Wildman–Crippen MR) is 186 cm³/mol. The van der Waals surface area contributed by atoms with Crippen LogP contribution in [0.15, 0.2) is 30.3 Å². The van der Waals surface area contributed by atoms with Gasteiger partial charge in [0.15, 0.2) is 5.82 Å². The lowest BCUT2D eigenvalue weighted by Gasteiger charge is -2.48. The smallest absolute Gasteiger partial charge is 0.256 e. The van der Waals surface area contributed by atoms with Crippen molar-refractivity contribution in [3.63, 3.8) is 0 Å². The number of aromatic nitrogens is 4. The van der Waals surface area contributed by atoms with Crippen LogP contribution in [0.2, 0.25) is 0 Å². The lowest BCUT2D eigenvalue weighted by atomic mass is 9.57. The second-order valence-corrected chi connectivity index (χ2v) is 15.9. The van der Waals surface area contributed by atoms with Crippen LogP contribution >= 0.6 is 0 Å². The van der Waals surface area contributed by atoms with Crippen molar-refractivity contribution in [2.75, 3.05) is 4.90 Å². The van der Waals surface area contributed by atoms with Gasteiger partial charge in [-0.05, 0) is 148 Å². The predicted octanol–water partition coefficient (Wildman–Crippen LogP) is 9.09. The summed E-state index contributed by atoms with van der Waals surface area (Å²) >= 11 is 0. The molecule has 1 aromatic carbocycles. The highest BCUT2D eigenvalue weighted by Gasteiger charge is 2.46. The third kappa shape index (κ3) is 5.25. The Morgan fingerprint density at radius 3 is 1.73 bits per heavy atom. The first-order valence-electron chi connectivity index (χ1n) is 18.6. The lowest BCUT2D eigenvalue weighted by Crippen LogP contribution is -2.49. The molecule has 0 saturated heterocycles. The molecule has 5 heteroatoms. The summed E-state index contributed by atoms with van der Waals surface area (Å²) in [5.41, 5.74) is 8.46. The molecule has 0 amide bonds. The van der Waals surface area contributed by atoms with Crippen LogP contribution in [0.1, 0.15) is 136 Å². The number of hydrogen-bond acceptors (Lipinski definition) is 3. The monoisotopic (exact) mass is 608 g/mol. The quantitative estimate of drug-likeness (QED) is 0.227. The van der Waals surface area contributed by atoms with Gasteiger partial charge in [0.05, 0.1) is 41.8 Å². The summed E-state index contributed by atoms with van der Waals surface area (Å²) in [5, 5.41) is 0. The Morgan fingerprint density at radius 1 is 0.778 bits per heavy atom. The Bertz CT molecular complexity index is 1440. The zero-order valence-corrected chi connectivity index (χ0v) is 29.3. The highest BCUT2D eigenvalue weighted by Crippen LogP contribution is 2.54. The van der Waals surface area contributed by atoms with E-state index in [4.69, 9.17) is 9.97 Å². The minimum atomic E-state index is 0.257. The second-order valence-electron chi connectivity index (χ2n) is 15.9. The van der Waals surface area contributed by atoms with E-state index in [1.165, 1.54) is 117 Å². The second kappa shape index (κ2) is 11.8. The maximum atomic E-state index is 5.57. The Kier molecular flexibility index (Phi) is 8.14. The molecule has 5 nitrogen and oxygen atoms in total. The first-order chi connectivity index (χ1) is 21.7. The molecule has 9 rings (SSSR count). The van der Waals surface area contributed by atoms with Gasteiger partial charge in [0.1, 0.15) is 7.05 Å². The average Bonchev–Trinajstić information content (AvgIpc) is 3.40. The van der Waals surface area contributed by atoms with Crippen LogP contribution in [0, 0.1) is 11.8 Å². The number of nitrogens with zero attached hydrogens (tertiary/aromatic N) is 5. The van der Waals surface area contributed by atoms with Gasteiger partial charge in [-0.1, -0.05) is 19.1 Å². The minimum absolute atomic E-state index is 0.257. The molecule has 6 aliphatic carbocycles. The minimum Gasteiger partial charge on any atom is -0.256 e. The number of aryl methyl sites for hydroxylation is 1. The fourth-order valence-electron chi connectivity index (χ4n) is 10.2. The van der Waals surface area contributed by atoms with Gasteiger partial charge in [-0.3, -0.25) is 4.90 Å². The van der Waals surface area contributed by atoms with Gasteiger partial charge in [0, 0.05) is 22.0 Å². The zero-order valence-electron chi connectivity index (χ0n) is 29.3. The summed E-state index contributed by atoms with van der Waals surface area (Å²) in [6.45, 7) is 14.7. The number of hydrogen-bond donors (Lipinski definition) is 0. The summed E-state index contributed by atoms with van der Waals surface area (Å²) in [7, 11) is 2.23. The molecule has 3 aromatic rings. The molecule has 6 aliphatic rings. The third-order valence-corrected chi connectivity index (χ3v) is 12.9. The first-order valence-corrected chi connectivity index (χ1v) is 18.6. The number of fused-ring (bicyclic) bond motifs is 6. The SMILES string of the molecule is CCc1ccc(-c2nc(C34CCC(CC3)CC4)cc(C34CCC(CC3)CC4)n2)cc1-c1cc(N(C(C)C)C(C)C)[n+](C)n1CC. The van der Waals surface area contributed by atoms with E-state index in [2.05, 4.69) is 93.2 Å². The first kappa shape index (κ1) is 30.9. The van der Waals surface area contributed by atoms with Crippen molar-refractivity contribution >= 4 is 5.82 Å². The van der Waals surface area contributed by atoms with E-state index in [-0.39, 0.29) is 10.8 Å². The topological polar surface area (TPSA) is 37.8 Å². The molecule has 0 atom stereocenters. The molecule has 2 aromatic heterocycles. The van der Waals surface area contributed by atoms with E-state index in [0.29, 0.717) is 12.1 Å². The van der Waals surface area contributed by atoms with E-state index in [0.717, 1.165) is 30.6 Å². The van der Waals surface area contributed by atoms with Crippen molar-refractivity contribution in [2.24, 2.45) is 18.9 Å². The van der Waals surface area contributed by atoms with Crippen molar-refractivity contribution in [2.45, 2.75) is 154 Å². The maximum absolute atomic E-state index is 5.57. The van der Waals surface area contributed by atoms with E-state index >= 15 is 0 Å². The van der Waals surface area contributed by atoms with Crippen LogP contribution < -0.4 is 9.58 Å². The molecule has 0 spiro atoms. The molecule has 2 heterocycles. The van der Waals surface area contributed by atoms with Gasteiger partial charge < -0.3 is 0 Å². The molecule has 0 aliphatic heterocycles. The van der Waals surface area contributed by atoms with Crippen LogP contribution in [0.25, 0.3) is 22.6 Å². The molecule has 4 bridgehead atoms. The van der Waals surface area contributed by atoms with Crippen molar-refractivity contribution in [1.29, 1.82) is 0 Å². The number of rotatable bonds is 9. The molecule has 0 radical (unpaired) electrons. The van der Waals surface area contributed by atoms with Gasteiger partial charge >= 0.3 is 0 Å². The van der Waals surface area contributed by atoms with Crippen molar-refractivity contribution < 1.29 is 4.68 Å². The molecular weight excluding hydrogens is 550 g/mol. The van der Waals surface area contributed by atoms with Crippen molar-refractivity contribution in [1.82, 2.24) is 14.6 Å². The van der Waals surface area contributed by atoms with Gasteiger partial charge in [-0.15, -0.1) is 0 Å². The van der Waals surface area contributed by atoms with E-state index in [1.807, 2.05) is 0 Å². The van der Waals surface area contributed by atoms with Gasteiger partial charge in [-0.25, -0.2) is 14.6 Å². The molecule has 45 heavy (non-hydrogen) atoms. The van der Waals surface area contributed by atoms with Crippen LogP contribution in [-0.2, 0) is 30.8 Å². The van der Waals surface area contributed by atoms with Crippen LogP contribution in [0.3, 0.4) is 0 Å². The summed E-state index contributed by atoms with van der Waals surface area (Å²) in [5.74, 6) is 4.16. The molecule has 0 N–H and O–H groups in total.